The number of aromatic nitrogens is 1. The number of benzene rings is 1. The number of thiazole rings is 1. The fourth-order valence-electron chi connectivity index (χ4n) is 3.50. The molecule has 3 aromatic rings. The fourth-order valence-corrected chi connectivity index (χ4v) is 5.36. The van der Waals surface area contributed by atoms with Gasteiger partial charge in [-0.05, 0) is 37.4 Å². The van der Waals surface area contributed by atoms with Crippen molar-refractivity contribution in [2.75, 3.05) is 6.61 Å². The largest absolute Gasteiger partial charge is 0.463 e. The molecule has 0 saturated carbocycles. The number of hydrogen-bond donors (Lipinski definition) is 0. The van der Waals surface area contributed by atoms with Crippen LogP contribution in [0.15, 0.2) is 62.8 Å². The zero-order valence-corrected chi connectivity index (χ0v) is 19.3. The summed E-state index contributed by atoms with van der Waals surface area (Å²) in [4.78, 5) is 43.6. The van der Waals surface area contributed by atoms with Crippen LogP contribution in [0.1, 0.15) is 37.3 Å². The molecule has 32 heavy (non-hydrogen) atoms. The van der Waals surface area contributed by atoms with Gasteiger partial charge in [-0.1, -0.05) is 35.6 Å². The van der Waals surface area contributed by atoms with Crippen molar-refractivity contribution in [3.8, 4) is 5.75 Å². The Bertz CT molecular complexity index is 1400. The Morgan fingerprint density at radius 3 is 2.69 bits per heavy atom. The molecule has 9 heteroatoms. The Labute approximate surface area is 191 Å². The third-order valence-electron chi connectivity index (χ3n) is 4.79. The van der Waals surface area contributed by atoms with Crippen LogP contribution in [0.5, 0.6) is 5.75 Å². The van der Waals surface area contributed by atoms with E-state index in [1.54, 1.807) is 44.2 Å². The maximum Gasteiger partial charge on any atom is 0.338 e. The molecular weight excluding hydrogens is 448 g/mol. The van der Waals surface area contributed by atoms with Gasteiger partial charge in [-0.15, -0.1) is 11.3 Å². The van der Waals surface area contributed by atoms with E-state index in [1.165, 1.54) is 34.2 Å². The van der Waals surface area contributed by atoms with Gasteiger partial charge < -0.3 is 9.47 Å². The molecule has 164 valence electrons. The van der Waals surface area contributed by atoms with Gasteiger partial charge in [-0.3, -0.25) is 14.2 Å². The number of ether oxygens (including phenoxy) is 2. The highest BCUT2D eigenvalue weighted by Gasteiger charge is 2.33. The number of esters is 2. The second-order valence-electron chi connectivity index (χ2n) is 6.95. The smallest absolute Gasteiger partial charge is 0.338 e. The minimum atomic E-state index is -0.615. The highest BCUT2D eigenvalue weighted by Crippen LogP contribution is 2.33. The van der Waals surface area contributed by atoms with Crippen LogP contribution >= 0.6 is 22.7 Å². The zero-order valence-electron chi connectivity index (χ0n) is 17.7. The van der Waals surface area contributed by atoms with Crippen molar-refractivity contribution in [1.29, 1.82) is 0 Å². The molecule has 3 heterocycles. The van der Waals surface area contributed by atoms with Gasteiger partial charge in [0.2, 0.25) is 0 Å². The summed E-state index contributed by atoms with van der Waals surface area (Å²) in [7, 11) is 0. The topological polar surface area (TPSA) is 87.0 Å². The summed E-state index contributed by atoms with van der Waals surface area (Å²) in [6.45, 7) is 5.04. The third-order valence-corrected chi connectivity index (χ3v) is 6.70. The number of carbonyl (C=O) groups is 2. The Morgan fingerprint density at radius 1 is 1.22 bits per heavy atom. The van der Waals surface area contributed by atoms with Crippen molar-refractivity contribution in [3.05, 3.63) is 83.2 Å². The van der Waals surface area contributed by atoms with Crippen LogP contribution in [0.4, 0.5) is 0 Å². The second-order valence-corrected chi connectivity index (χ2v) is 8.94. The van der Waals surface area contributed by atoms with Crippen LogP contribution in [-0.2, 0) is 14.3 Å². The molecule has 0 saturated heterocycles. The van der Waals surface area contributed by atoms with Crippen LogP contribution in [-0.4, -0.2) is 23.1 Å². The van der Waals surface area contributed by atoms with Crippen molar-refractivity contribution < 1.29 is 19.1 Å². The first-order chi connectivity index (χ1) is 15.4. The standard InChI is InChI=1S/C23H20N2O5S2/c1-4-29-22(28)19-13(2)24-23-25(20(19)17-10-7-11-31-17)21(27)18(32-23)12-15-8-5-6-9-16(15)30-14(3)26/h5-12,20H,4H2,1-3H3/b18-12-/t20-/m0/s1. The molecule has 0 bridgehead atoms. The molecular formula is C23H20N2O5S2. The number of allylic oxidation sites excluding steroid dienone is 1. The van der Waals surface area contributed by atoms with Crippen LogP contribution < -0.4 is 19.6 Å². The number of hydrogen-bond acceptors (Lipinski definition) is 8. The van der Waals surface area contributed by atoms with Gasteiger partial charge in [0.25, 0.3) is 5.56 Å². The molecule has 0 unspecified atom stereocenters. The highest BCUT2D eigenvalue weighted by atomic mass is 32.1. The van der Waals surface area contributed by atoms with Gasteiger partial charge in [-0.25, -0.2) is 9.79 Å². The number of para-hydroxylation sites is 1. The number of fused-ring (bicyclic) bond motifs is 1. The van der Waals surface area contributed by atoms with E-state index in [4.69, 9.17) is 9.47 Å². The first-order valence-corrected chi connectivity index (χ1v) is 11.6. The molecule has 1 aromatic carbocycles. The summed E-state index contributed by atoms with van der Waals surface area (Å²) in [6, 6.07) is 10.1. The van der Waals surface area contributed by atoms with Crippen molar-refractivity contribution in [2.24, 2.45) is 4.99 Å². The molecule has 0 amide bonds. The van der Waals surface area contributed by atoms with E-state index in [0.717, 1.165) is 4.88 Å². The Balaban J connectivity index is 1.92. The predicted molar refractivity (Wildman–Crippen MR) is 122 cm³/mol. The van der Waals surface area contributed by atoms with E-state index in [9.17, 15) is 14.4 Å². The first-order valence-electron chi connectivity index (χ1n) is 9.91. The van der Waals surface area contributed by atoms with E-state index in [1.807, 2.05) is 17.5 Å². The second kappa shape index (κ2) is 9.05. The number of thiophene rings is 1. The van der Waals surface area contributed by atoms with Gasteiger partial charge in [0.1, 0.15) is 11.8 Å². The van der Waals surface area contributed by atoms with Crippen LogP contribution in [0.25, 0.3) is 6.08 Å². The predicted octanol–water partition coefficient (Wildman–Crippen LogP) is 2.79. The molecule has 2 aromatic heterocycles. The van der Waals surface area contributed by atoms with Crippen LogP contribution in [0.3, 0.4) is 0 Å². The fraction of sp³-hybridized carbons (Fsp3) is 0.217. The van der Waals surface area contributed by atoms with E-state index in [-0.39, 0.29) is 12.2 Å². The summed E-state index contributed by atoms with van der Waals surface area (Å²) in [5.41, 5.74) is 1.20. The highest BCUT2D eigenvalue weighted by molar-refractivity contribution is 7.10. The molecule has 0 aliphatic carbocycles. The summed E-state index contributed by atoms with van der Waals surface area (Å²) >= 11 is 2.68. The Hall–Kier alpha value is -3.30. The maximum atomic E-state index is 13.5. The van der Waals surface area contributed by atoms with Gasteiger partial charge in [0, 0.05) is 17.4 Å². The van der Waals surface area contributed by atoms with Crippen molar-refractivity contribution in [1.82, 2.24) is 4.57 Å². The lowest BCUT2D eigenvalue weighted by Gasteiger charge is -2.23. The lowest BCUT2D eigenvalue weighted by Crippen LogP contribution is -2.39. The quantitative estimate of drug-likeness (QED) is 0.425. The van der Waals surface area contributed by atoms with Crippen LogP contribution in [0.2, 0.25) is 0 Å². The molecule has 0 spiro atoms. The number of rotatable bonds is 5. The molecule has 0 fully saturated rings. The maximum absolute atomic E-state index is 13.5. The van der Waals surface area contributed by atoms with Gasteiger partial charge in [-0.2, -0.15) is 0 Å². The van der Waals surface area contributed by atoms with Gasteiger partial charge in [0.15, 0.2) is 4.80 Å². The Kier molecular flexibility index (Phi) is 6.20. The molecule has 4 rings (SSSR count). The SMILES string of the molecule is CCOC(=O)C1=C(C)N=c2s/c(=C\c3ccccc3OC(C)=O)c(=O)n2[C@H]1c1cccs1. The summed E-state index contributed by atoms with van der Waals surface area (Å²) in [5.74, 6) is -0.564. The zero-order chi connectivity index (χ0) is 22.8. The van der Waals surface area contributed by atoms with Crippen LogP contribution in [0, 0.1) is 0 Å². The minimum absolute atomic E-state index is 0.226. The average molecular weight is 469 g/mol. The normalized spacial score (nSPS) is 15.8. The third kappa shape index (κ3) is 4.09. The van der Waals surface area contributed by atoms with E-state index in [0.29, 0.717) is 31.9 Å². The van der Waals surface area contributed by atoms with Crippen molar-refractivity contribution >= 4 is 40.7 Å². The molecule has 0 radical (unpaired) electrons. The average Bonchev–Trinajstić information content (AvgIpc) is 3.37. The van der Waals surface area contributed by atoms with E-state index in [2.05, 4.69) is 4.99 Å². The van der Waals surface area contributed by atoms with Crippen molar-refractivity contribution in [3.63, 3.8) is 0 Å². The van der Waals surface area contributed by atoms with Crippen molar-refractivity contribution in [2.45, 2.75) is 26.8 Å². The summed E-state index contributed by atoms with van der Waals surface area (Å²) in [5, 5.41) is 1.90. The molecule has 7 nitrogen and oxygen atoms in total. The summed E-state index contributed by atoms with van der Waals surface area (Å²) < 4.78 is 12.5. The molecule has 1 aliphatic rings. The lowest BCUT2D eigenvalue weighted by atomic mass is 10.0. The first kappa shape index (κ1) is 21.9. The van der Waals surface area contributed by atoms with Gasteiger partial charge >= 0.3 is 11.9 Å². The minimum Gasteiger partial charge on any atom is -0.463 e. The molecule has 1 atom stereocenters. The number of carbonyl (C=O) groups excluding carboxylic acids is 2. The Morgan fingerprint density at radius 2 is 2.00 bits per heavy atom. The molecule has 0 N–H and O–H groups in total. The lowest BCUT2D eigenvalue weighted by molar-refractivity contribution is -0.139. The van der Waals surface area contributed by atoms with Gasteiger partial charge in [0.05, 0.1) is 22.4 Å². The number of nitrogens with zero attached hydrogens (tertiary/aromatic N) is 2. The van der Waals surface area contributed by atoms with E-state index >= 15 is 0 Å². The monoisotopic (exact) mass is 468 g/mol. The summed E-state index contributed by atoms with van der Waals surface area (Å²) in [6.07, 6.45) is 1.68. The van der Waals surface area contributed by atoms with E-state index < -0.39 is 18.0 Å². The molecule has 1 aliphatic heterocycles.